The summed E-state index contributed by atoms with van der Waals surface area (Å²) in [7, 11) is 0. The van der Waals surface area contributed by atoms with Gasteiger partial charge >= 0.3 is 0 Å². The van der Waals surface area contributed by atoms with Gasteiger partial charge < -0.3 is 9.13 Å². The van der Waals surface area contributed by atoms with Gasteiger partial charge in [-0.3, -0.25) is 0 Å². The van der Waals surface area contributed by atoms with Crippen LogP contribution >= 0.6 is 0 Å². The van der Waals surface area contributed by atoms with Gasteiger partial charge in [0.25, 0.3) is 0 Å². The molecule has 0 spiro atoms. The monoisotopic (exact) mass is 434 g/mol. The zero-order chi connectivity index (χ0) is 22.5. The Balaban J connectivity index is 1.48. The molecule has 7 rings (SSSR count). The molecular weight excluding hydrogens is 412 g/mol. The van der Waals surface area contributed by atoms with Crippen LogP contribution in [0, 0.1) is 0 Å². The smallest absolute Gasteiger partial charge is 0.0562 e. The first kappa shape index (κ1) is 19.0. The summed E-state index contributed by atoms with van der Waals surface area (Å²) in [6.45, 7) is 0. The van der Waals surface area contributed by atoms with Crippen molar-refractivity contribution in [1.82, 2.24) is 9.13 Å². The second-order valence-corrected chi connectivity index (χ2v) is 8.71. The van der Waals surface area contributed by atoms with Crippen molar-refractivity contribution in [3.8, 4) is 22.5 Å². The van der Waals surface area contributed by atoms with Crippen LogP contribution in [0.3, 0.4) is 0 Å². The standard InChI is InChI=1S/C32H22N2/c1-3-9-23(10-4-1)24-15-17-27(18-16-24)34-30-14-8-7-13-28(30)29-21-25-19-20-33(31(25)22-32(29)34)26-11-5-2-6-12-26/h1-22H. The normalized spacial score (nSPS) is 11.5. The van der Waals surface area contributed by atoms with Crippen molar-refractivity contribution in [3.05, 3.63) is 134 Å². The largest absolute Gasteiger partial charge is 0.316 e. The number of rotatable bonds is 3. The fourth-order valence-corrected chi connectivity index (χ4v) is 5.12. The summed E-state index contributed by atoms with van der Waals surface area (Å²) in [6, 6.07) is 45.6. The number of benzene rings is 5. The van der Waals surface area contributed by atoms with Crippen molar-refractivity contribution in [3.63, 3.8) is 0 Å². The van der Waals surface area contributed by atoms with E-state index in [9.17, 15) is 0 Å². The number of nitrogens with zero attached hydrogens (tertiary/aromatic N) is 2. The van der Waals surface area contributed by atoms with Crippen LogP contribution in [0.4, 0.5) is 0 Å². The van der Waals surface area contributed by atoms with Gasteiger partial charge in [-0.15, -0.1) is 0 Å². The summed E-state index contributed by atoms with van der Waals surface area (Å²) in [5.41, 5.74) is 8.46. The molecule has 0 N–H and O–H groups in total. The van der Waals surface area contributed by atoms with Crippen LogP contribution in [-0.2, 0) is 0 Å². The molecule has 0 unspecified atom stereocenters. The molecule has 0 aliphatic heterocycles. The van der Waals surface area contributed by atoms with E-state index in [0.29, 0.717) is 0 Å². The molecule has 0 atom stereocenters. The molecule has 160 valence electrons. The summed E-state index contributed by atoms with van der Waals surface area (Å²) in [4.78, 5) is 0. The van der Waals surface area contributed by atoms with E-state index in [2.05, 4.69) is 143 Å². The molecule has 0 amide bonds. The minimum absolute atomic E-state index is 1.17. The van der Waals surface area contributed by atoms with Gasteiger partial charge in [0.15, 0.2) is 0 Å². The van der Waals surface area contributed by atoms with E-state index in [1.807, 2.05) is 0 Å². The second-order valence-electron chi connectivity index (χ2n) is 8.71. The Morgan fingerprint density at radius 2 is 1.09 bits per heavy atom. The highest BCUT2D eigenvalue weighted by Gasteiger charge is 2.15. The Bertz CT molecular complexity index is 1770. The van der Waals surface area contributed by atoms with Gasteiger partial charge in [-0.2, -0.15) is 0 Å². The topological polar surface area (TPSA) is 9.86 Å². The zero-order valence-corrected chi connectivity index (χ0v) is 18.6. The lowest BCUT2D eigenvalue weighted by Crippen LogP contribution is -1.95. The molecular formula is C32H22N2. The molecule has 0 saturated heterocycles. The fraction of sp³-hybridized carbons (Fsp3) is 0. The maximum Gasteiger partial charge on any atom is 0.0562 e. The number of fused-ring (bicyclic) bond motifs is 4. The lowest BCUT2D eigenvalue weighted by Gasteiger charge is -2.10. The van der Waals surface area contributed by atoms with Gasteiger partial charge in [-0.1, -0.05) is 78.9 Å². The first-order valence-corrected chi connectivity index (χ1v) is 11.6. The van der Waals surface area contributed by atoms with Crippen LogP contribution in [-0.4, -0.2) is 9.13 Å². The predicted molar refractivity (Wildman–Crippen MR) is 143 cm³/mol. The number of para-hydroxylation sites is 2. The van der Waals surface area contributed by atoms with Crippen LogP contribution < -0.4 is 0 Å². The maximum absolute atomic E-state index is 2.39. The number of hydrogen-bond donors (Lipinski definition) is 0. The van der Waals surface area contributed by atoms with E-state index in [-0.39, 0.29) is 0 Å². The van der Waals surface area contributed by atoms with E-state index in [1.165, 1.54) is 55.2 Å². The number of aromatic nitrogens is 2. The van der Waals surface area contributed by atoms with E-state index < -0.39 is 0 Å². The molecule has 0 aliphatic rings. The van der Waals surface area contributed by atoms with E-state index in [1.54, 1.807) is 0 Å². The number of hydrogen-bond acceptors (Lipinski definition) is 0. The summed E-state index contributed by atoms with van der Waals surface area (Å²) in [5, 5.41) is 3.80. The Morgan fingerprint density at radius 3 is 1.88 bits per heavy atom. The average molecular weight is 435 g/mol. The maximum atomic E-state index is 2.39. The molecule has 7 aromatic rings. The van der Waals surface area contributed by atoms with Crippen molar-refractivity contribution in [2.45, 2.75) is 0 Å². The molecule has 2 nitrogen and oxygen atoms in total. The van der Waals surface area contributed by atoms with Crippen LogP contribution in [0.1, 0.15) is 0 Å². The quantitative estimate of drug-likeness (QED) is 0.264. The highest BCUT2D eigenvalue weighted by atomic mass is 15.0. The summed E-state index contributed by atoms with van der Waals surface area (Å²) >= 11 is 0. The van der Waals surface area contributed by atoms with Gasteiger partial charge in [-0.05, 0) is 59.7 Å². The third-order valence-corrected chi connectivity index (χ3v) is 6.75. The molecule has 34 heavy (non-hydrogen) atoms. The van der Waals surface area contributed by atoms with Gasteiger partial charge in [0.2, 0.25) is 0 Å². The van der Waals surface area contributed by atoms with E-state index in [4.69, 9.17) is 0 Å². The Hall–Kier alpha value is -4.56. The Morgan fingerprint density at radius 1 is 0.412 bits per heavy atom. The van der Waals surface area contributed by atoms with Crippen molar-refractivity contribution in [1.29, 1.82) is 0 Å². The minimum Gasteiger partial charge on any atom is -0.316 e. The highest BCUT2D eigenvalue weighted by molar-refractivity contribution is 6.13. The second kappa shape index (κ2) is 7.50. The average Bonchev–Trinajstić information content (AvgIpc) is 3.47. The van der Waals surface area contributed by atoms with Gasteiger partial charge in [0.05, 0.1) is 16.6 Å². The van der Waals surface area contributed by atoms with E-state index in [0.717, 1.165) is 0 Å². The summed E-state index contributed by atoms with van der Waals surface area (Å²) in [6.07, 6.45) is 2.17. The molecule has 5 aromatic carbocycles. The lowest BCUT2D eigenvalue weighted by atomic mass is 10.1. The molecule has 0 fully saturated rings. The van der Waals surface area contributed by atoms with Crippen molar-refractivity contribution in [2.24, 2.45) is 0 Å². The van der Waals surface area contributed by atoms with Crippen molar-refractivity contribution < 1.29 is 0 Å². The molecule has 2 aromatic heterocycles. The Labute approximate surface area is 197 Å². The lowest BCUT2D eigenvalue weighted by molar-refractivity contribution is 1.12. The molecule has 0 radical (unpaired) electrons. The fourth-order valence-electron chi connectivity index (χ4n) is 5.12. The van der Waals surface area contributed by atoms with Crippen LogP contribution in [0.2, 0.25) is 0 Å². The molecule has 0 saturated carbocycles. The minimum atomic E-state index is 1.17. The third-order valence-electron chi connectivity index (χ3n) is 6.75. The molecule has 0 aliphatic carbocycles. The molecule has 2 heterocycles. The predicted octanol–water partition coefficient (Wildman–Crippen LogP) is 8.39. The van der Waals surface area contributed by atoms with Crippen LogP contribution in [0.25, 0.3) is 55.2 Å². The third kappa shape index (κ3) is 2.89. The van der Waals surface area contributed by atoms with Gasteiger partial charge in [-0.25, -0.2) is 0 Å². The van der Waals surface area contributed by atoms with Crippen molar-refractivity contribution in [2.75, 3.05) is 0 Å². The summed E-state index contributed by atoms with van der Waals surface area (Å²) in [5.74, 6) is 0. The molecule has 2 heteroatoms. The van der Waals surface area contributed by atoms with E-state index >= 15 is 0 Å². The first-order valence-electron chi connectivity index (χ1n) is 11.6. The van der Waals surface area contributed by atoms with Crippen LogP contribution in [0.15, 0.2) is 134 Å². The van der Waals surface area contributed by atoms with Crippen LogP contribution in [0.5, 0.6) is 0 Å². The zero-order valence-electron chi connectivity index (χ0n) is 18.6. The van der Waals surface area contributed by atoms with Gasteiger partial charge in [0.1, 0.15) is 0 Å². The first-order chi connectivity index (χ1) is 16.9. The highest BCUT2D eigenvalue weighted by Crippen LogP contribution is 2.36. The Kier molecular flexibility index (Phi) is 4.18. The van der Waals surface area contributed by atoms with Gasteiger partial charge in [0, 0.05) is 33.7 Å². The molecule has 0 bridgehead atoms. The SMILES string of the molecule is c1ccc(-c2ccc(-n3c4ccccc4c4cc5ccn(-c6ccccc6)c5cc43)cc2)cc1. The summed E-state index contributed by atoms with van der Waals surface area (Å²) < 4.78 is 4.66. The van der Waals surface area contributed by atoms with Crippen molar-refractivity contribution >= 4 is 32.7 Å².